The number of hydrogen-bond acceptors (Lipinski definition) is 3. The van der Waals surface area contributed by atoms with Crippen LogP contribution in [0.15, 0.2) is 16.5 Å². The molecule has 1 aliphatic rings. The first-order valence-corrected chi connectivity index (χ1v) is 6.13. The van der Waals surface area contributed by atoms with E-state index in [1.54, 1.807) is 4.90 Å². The van der Waals surface area contributed by atoms with E-state index in [0.717, 1.165) is 12.8 Å². The zero-order chi connectivity index (χ0) is 13.3. The van der Waals surface area contributed by atoms with Crippen molar-refractivity contribution in [3.8, 4) is 0 Å². The Morgan fingerprint density at radius 1 is 1.39 bits per heavy atom. The van der Waals surface area contributed by atoms with Crippen molar-refractivity contribution in [2.24, 2.45) is 5.92 Å². The van der Waals surface area contributed by atoms with Crippen molar-refractivity contribution in [1.29, 1.82) is 0 Å². The van der Waals surface area contributed by atoms with E-state index in [2.05, 4.69) is 0 Å². The number of nitrogens with zero attached hydrogens (tertiary/aromatic N) is 1. The van der Waals surface area contributed by atoms with Crippen molar-refractivity contribution >= 4 is 11.9 Å². The van der Waals surface area contributed by atoms with Crippen molar-refractivity contribution < 1.29 is 19.1 Å². The third-order valence-electron chi connectivity index (χ3n) is 2.84. The molecule has 1 aromatic heterocycles. The maximum Gasteiger partial charge on any atom is 0.371 e. The van der Waals surface area contributed by atoms with Crippen LogP contribution in [0.2, 0.25) is 0 Å². The van der Waals surface area contributed by atoms with Crippen LogP contribution in [0.3, 0.4) is 0 Å². The monoisotopic (exact) mass is 251 g/mol. The molecule has 0 spiro atoms. The standard InChI is InChI=1S/C13H17NO4/c1-8(2)7-14(9-3-4-9)12(15)10-5-6-11(18-10)13(16)17/h5-6,8-9H,3-4,7H2,1-2H3,(H,16,17). The SMILES string of the molecule is CC(C)CN(C(=O)c1ccc(C(=O)O)o1)C1CC1. The Balaban J connectivity index is 2.14. The van der Waals surface area contributed by atoms with Gasteiger partial charge in [-0.05, 0) is 30.9 Å². The summed E-state index contributed by atoms with van der Waals surface area (Å²) in [7, 11) is 0. The summed E-state index contributed by atoms with van der Waals surface area (Å²) in [6.07, 6.45) is 2.04. The quantitative estimate of drug-likeness (QED) is 0.871. The fourth-order valence-electron chi connectivity index (χ4n) is 1.89. The van der Waals surface area contributed by atoms with Gasteiger partial charge in [0.1, 0.15) is 0 Å². The summed E-state index contributed by atoms with van der Waals surface area (Å²) in [5.74, 6) is -1.07. The molecule has 0 aliphatic heterocycles. The Labute approximate surface area is 105 Å². The van der Waals surface area contributed by atoms with E-state index in [1.807, 2.05) is 13.8 Å². The van der Waals surface area contributed by atoms with E-state index in [-0.39, 0.29) is 17.4 Å². The van der Waals surface area contributed by atoms with Crippen LogP contribution in [0.25, 0.3) is 0 Å². The molecule has 1 fully saturated rings. The number of aromatic carboxylic acids is 1. The van der Waals surface area contributed by atoms with Gasteiger partial charge < -0.3 is 14.4 Å². The predicted octanol–water partition coefficient (Wildman–Crippen LogP) is 2.24. The molecular weight excluding hydrogens is 234 g/mol. The topological polar surface area (TPSA) is 70.8 Å². The molecular formula is C13H17NO4. The largest absolute Gasteiger partial charge is 0.475 e. The van der Waals surface area contributed by atoms with Crippen molar-refractivity contribution in [3.63, 3.8) is 0 Å². The van der Waals surface area contributed by atoms with Gasteiger partial charge in [0.25, 0.3) is 5.91 Å². The van der Waals surface area contributed by atoms with E-state index in [4.69, 9.17) is 9.52 Å². The number of carboxylic acids is 1. The number of furan rings is 1. The van der Waals surface area contributed by atoms with E-state index in [9.17, 15) is 9.59 Å². The minimum atomic E-state index is -1.16. The van der Waals surface area contributed by atoms with Crippen molar-refractivity contribution in [1.82, 2.24) is 4.90 Å². The molecule has 0 radical (unpaired) electrons. The molecule has 0 bridgehead atoms. The van der Waals surface area contributed by atoms with Gasteiger partial charge in [-0.3, -0.25) is 4.79 Å². The highest BCUT2D eigenvalue weighted by atomic mass is 16.4. The average Bonchev–Trinajstić information content (AvgIpc) is 3.00. The second-order valence-electron chi connectivity index (χ2n) is 5.05. The number of carbonyl (C=O) groups is 2. The van der Waals surface area contributed by atoms with Gasteiger partial charge in [-0.1, -0.05) is 13.8 Å². The predicted molar refractivity (Wildman–Crippen MR) is 64.6 cm³/mol. The van der Waals surface area contributed by atoms with Crippen LogP contribution in [0.4, 0.5) is 0 Å². The summed E-state index contributed by atoms with van der Waals surface area (Å²) in [6, 6.07) is 3.04. The van der Waals surface area contributed by atoms with Crippen LogP contribution in [-0.4, -0.2) is 34.5 Å². The fraction of sp³-hybridized carbons (Fsp3) is 0.538. The average molecular weight is 251 g/mol. The van der Waals surface area contributed by atoms with Gasteiger partial charge in [-0.2, -0.15) is 0 Å². The van der Waals surface area contributed by atoms with Crippen molar-refractivity contribution in [2.45, 2.75) is 32.7 Å². The fourth-order valence-corrected chi connectivity index (χ4v) is 1.89. The van der Waals surface area contributed by atoms with Crippen LogP contribution in [0, 0.1) is 5.92 Å². The molecule has 98 valence electrons. The van der Waals surface area contributed by atoms with Gasteiger partial charge in [0.05, 0.1) is 0 Å². The Bertz CT molecular complexity index is 459. The number of carboxylic acid groups (broad SMARTS) is 1. The van der Waals surface area contributed by atoms with Crippen LogP contribution >= 0.6 is 0 Å². The van der Waals surface area contributed by atoms with Gasteiger partial charge in [0.2, 0.25) is 5.76 Å². The van der Waals surface area contributed by atoms with E-state index in [0.29, 0.717) is 18.5 Å². The Kier molecular flexibility index (Phi) is 3.41. The minimum Gasteiger partial charge on any atom is -0.475 e. The van der Waals surface area contributed by atoms with Crippen molar-refractivity contribution in [2.75, 3.05) is 6.54 Å². The first kappa shape index (κ1) is 12.7. The normalized spacial score (nSPS) is 14.8. The third-order valence-corrected chi connectivity index (χ3v) is 2.84. The number of hydrogen-bond donors (Lipinski definition) is 1. The molecule has 1 heterocycles. The van der Waals surface area contributed by atoms with Crippen LogP contribution < -0.4 is 0 Å². The highest BCUT2D eigenvalue weighted by Gasteiger charge is 2.34. The molecule has 5 nitrogen and oxygen atoms in total. The molecule has 1 aliphatic carbocycles. The van der Waals surface area contributed by atoms with Gasteiger partial charge >= 0.3 is 5.97 Å². The first-order valence-electron chi connectivity index (χ1n) is 6.13. The first-order chi connectivity index (χ1) is 8.49. The Morgan fingerprint density at radius 3 is 2.44 bits per heavy atom. The van der Waals surface area contributed by atoms with Gasteiger partial charge in [0.15, 0.2) is 5.76 Å². The van der Waals surface area contributed by atoms with Crippen LogP contribution in [0.1, 0.15) is 47.8 Å². The molecule has 0 aromatic carbocycles. The Morgan fingerprint density at radius 2 is 2.00 bits per heavy atom. The summed E-state index contributed by atoms with van der Waals surface area (Å²) >= 11 is 0. The lowest BCUT2D eigenvalue weighted by atomic mass is 10.2. The summed E-state index contributed by atoms with van der Waals surface area (Å²) in [5.41, 5.74) is 0. The molecule has 18 heavy (non-hydrogen) atoms. The molecule has 0 saturated heterocycles. The molecule has 5 heteroatoms. The molecule has 1 aromatic rings. The second-order valence-corrected chi connectivity index (χ2v) is 5.05. The zero-order valence-corrected chi connectivity index (χ0v) is 10.5. The van der Waals surface area contributed by atoms with Crippen molar-refractivity contribution in [3.05, 3.63) is 23.7 Å². The van der Waals surface area contributed by atoms with E-state index in [1.165, 1.54) is 12.1 Å². The summed E-state index contributed by atoms with van der Waals surface area (Å²) < 4.78 is 5.06. The van der Waals surface area contributed by atoms with E-state index < -0.39 is 5.97 Å². The van der Waals surface area contributed by atoms with Crippen LogP contribution in [-0.2, 0) is 0 Å². The summed E-state index contributed by atoms with van der Waals surface area (Å²) in [4.78, 5) is 24.7. The number of rotatable bonds is 5. The molecule has 0 atom stereocenters. The lowest BCUT2D eigenvalue weighted by Crippen LogP contribution is -2.35. The second kappa shape index (κ2) is 4.84. The highest BCUT2D eigenvalue weighted by molar-refractivity contribution is 5.93. The van der Waals surface area contributed by atoms with Crippen LogP contribution in [0.5, 0.6) is 0 Å². The zero-order valence-electron chi connectivity index (χ0n) is 10.5. The molecule has 0 unspecified atom stereocenters. The molecule has 1 saturated carbocycles. The molecule has 1 amide bonds. The maximum atomic E-state index is 12.2. The number of carbonyl (C=O) groups excluding carboxylic acids is 1. The lowest BCUT2D eigenvalue weighted by Gasteiger charge is -2.23. The van der Waals surface area contributed by atoms with Gasteiger partial charge in [-0.25, -0.2) is 4.79 Å². The third kappa shape index (κ3) is 2.72. The minimum absolute atomic E-state index is 0.111. The molecule has 2 rings (SSSR count). The highest BCUT2D eigenvalue weighted by Crippen LogP contribution is 2.29. The maximum absolute atomic E-state index is 12.2. The number of amides is 1. The summed E-state index contributed by atoms with van der Waals surface area (Å²) in [5, 5.41) is 8.77. The smallest absolute Gasteiger partial charge is 0.371 e. The van der Waals surface area contributed by atoms with Gasteiger partial charge in [-0.15, -0.1) is 0 Å². The summed E-state index contributed by atoms with van der Waals surface area (Å²) in [6.45, 7) is 4.77. The van der Waals surface area contributed by atoms with Gasteiger partial charge in [0, 0.05) is 12.6 Å². The molecule has 1 N–H and O–H groups in total. The van der Waals surface area contributed by atoms with E-state index >= 15 is 0 Å². The Hall–Kier alpha value is -1.78. The lowest BCUT2D eigenvalue weighted by molar-refractivity contribution is 0.0642.